The third-order valence-corrected chi connectivity index (χ3v) is 8.24. The number of rotatable bonds is 11. The topological polar surface area (TPSA) is 58.6 Å². The first-order valence-electron chi connectivity index (χ1n) is 13.9. The number of fused-ring (bicyclic) bond motifs is 1. The number of ether oxygens (including phenoxy) is 1. The zero-order valence-electron chi connectivity index (χ0n) is 22.3. The third-order valence-electron chi connectivity index (χ3n) is 8.24. The van der Waals surface area contributed by atoms with Crippen molar-refractivity contribution >= 4 is 11.9 Å². The summed E-state index contributed by atoms with van der Waals surface area (Å²) in [5.74, 6) is 0.980. The Morgan fingerprint density at radius 1 is 1.11 bits per heavy atom. The molecule has 5 heteroatoms. The van der Waals surface area contributed by atoms with E-state index in [1.165, 1.54) is 18.1 Å². The standard InChI is InChI=1S/C32H42N2O3/c1-3-20-34-21-19-32(27-14-10-15-30(22-27)37-25(2)35)23-29(18-17-28(32)24-34)33-31(36)16-9-5-8-13-26-11-6-4-7-12-26/h3-4,6-7,10-12,14-15,22,28-29H,1,5,8-9,13,16-21,23-24H2,2H3,(H,33,36)/t28-,29-,32+/m1/s1. The molecule has 1 heterocycles. The first kappa shape index (κ1) is 27.1. The van der Waals surface area contributed by atoms with Gasteiger partial charge in [0.2, 0.25) is 5.91 Å². The molecule has 1 amide bonds. The number of nitrogens with one attached hydrogen (secondary N) is 1. The molecule has 198 valence electrons. The number of unbranched alkanes of at least 4 members (excludes halogenated alkanes) is 2. The van der Waals surface area contributed by atoms with Crippen LogP contribution in [-0.2, 0) is 21.4 Å². The van der Waals surface area contributed by atoms with Gasteiger partial charge < -0.3 is 10.1 Å². The number of likely N-dealkylation sites (tertiary alicyclic amines) is 1. The van der Waals surface area contributed by atoms with Gasteiger partial charge in [-0.1, -0.05) is 55.0 Å². The number of carbonyl (C=O) groups excluding carboxylic acids is 2. The summed E-state index contributed by atoms with van der Waals surface area (Å²) in [6, 6.07) is 18.8. The molecule has 3 atom stereocenters. The maximum absolute atomic E-state index is 12.9. The fraction of sp³-hybridized carbons (Fsp3) is 0.500. The van der Waals surface area contributed by atoms with E-state index in [0.29, 0.717) is 18.1 Å². The Morgan fingerprint density at radius 3 is 2.73 bits per heavy atom. The van der Waals surface area contributed by atoms with Crippen molar-refractivity contribution in [2.24, 2.45) is 5.92 Å². The molecule has 37 heavy (non-hydrogen) atoms. The quantitative estimate of drug-likeness (QED) is 0.182. The zero-order valence-corrected chi connectivity index (χ0v) is 22.3. The summed E-state index contributed by atoms with van der Waals surface area (Å²) < 4.78 is 5.43. The molecule has 2 fully saturated rings. The van der Waals surface area contributed by atoms with Gasteiger partial charge in [-0.15, -0.1) is 6.58 Å². The van der Waals surface area contributed by atoms with E-state index in [-0.39, 0.29) is 23.3 Å². The molecule has 2 aromatic rings. The molecule has 0 bridgehead atoms. The fourth-order valence-electron chi connectivity index (χ4n) is 6.46. The lowest BCUT2D eigenvalue weighted by molar-refractivity contribution is -0.132. The molecule has 0 unspecified atom stereocenters. The molecule has 2 aromatic carbocycles. The van der Waals surface area contributed by atoms with Crippen LogP contribution in [0.2, 0.25) is 0 Å². The predicted octanol–water partition coefficient (Wildman–Crippen LogP) is 5.83. The van der Waals surface area contributed by atoms with Crippen molar-refractivity contribution in [1.82, 2.24) is 10.2 Å². The van der Waals surface area contributed by atoms with Crippen LogP contribution in [0.3, 0.4) is 0 Å². The van der Waals surface area contributed by atoms with Gasteiger partial charge in [-0.2, -0.15) is 0 Å². The van der Waals surface area contributed by atoms with E-state index in [9.17, 15) is 9.59 Å². The van der Waals surface area contributed by atoms with Gasteiger partial charge in [0, 0.05) is 37.9 Å². The van der Waals surface area contributed by atoms with Crippen molar-refractivity contribution in [2.45, 2.75) is 76.2 Å². The first-order chi connectivity index (χ1) is 18.0. The number of amides is 1. The number of esters is 1. The smallest absolute Gasteiger partial charge is 0.308 e. The average molecular weight is 503 g/mol. The van der Waals surface area contributed by atoms with Crippen LogP contribution in [0.15, 0.2) is 67.3 Å². The van der Waals surface area contributed by atoms with Crippen molar-refractivity contribution in [2.75, 3.05) is 19.6 Å². The van der Waals surface area contributed by atoms with Crippen molar-refractivity contribution in [1.29, 1.82) is 0 Å². The highest BCUT2D eigenvalue weighted by molar-refractivity contribution is 5.76. The molecular weight excluding hydrogens is 460 g/mol. The Labute approximate surface area is 222 Å². The number of nitrogens with zero attached hydrogens (tertiary/aromatic N) is 1. The Bertz CT molecular complexity index is 1050. The summed E-state index contributed by atoms with van der Waals surface area (Å²) in [6.07, 6.45) is 10.8. The lowest BCUT2D eigenvalue weighted by atomic mass is 9.58. The molecule has 1 aliphatic carbocycles. The summed E-state index contributed by atoms with van der Waals surface area (Å²) in [5.41, 5.74) is 2.57. The molecule has 4 rings (SSSR count). The van der Waals surface area contributed by atoms with Crippen LogP contribution in [0.5, 0.6) is 5.75 Å². The second-order valence-corrected chi connectivity index (χ2v) is 10.9. The summed E-state index contributed by atoms with van der Waals surface area (Å²) in [7, 11) is 0. The van der Waals surface area contributed by atoms with Gasteiger partial charge >= 0.3 is 5.97 Å². The van der Waals surface area contributed by atoms with E-state index in [0.717, 1.165) is 71.0 Å². The van der Waals surface area contributed by atoms with E-state index < -0.39 is 0 Å². The maximum atomic E-state index is 12.9. The predicted molar refractivity (Wildman–Crippen MR) is 149 cm³/mol. The fourth-order valence-corrected chi connectivity index (χ4v) is 6.46. The lowest BCUT2D eigenvalue weighted by Gasteiger charge is -2.53. The number of piperidine rings is 1. The first-order valence-corrected chi connectivity index (χ1v) is 13.9. The summed E-state index contributed by atoms with van der Waals surface area (Å²) in [5, 5.41) is 3.38. The summed E-state index contributed by atoms with van der Waals surface area (Å²) in [4.78, 5) is 26.9. The van der Waals surface area contributed by atoms with Gasteiger partial charge in [-0.25, -0.2) is 0 Å². The molecule has 0 spiro atoms. The Hall–Kier alpha value is -2.92. The largest absolute Gasteiger partial charge is 0.427 e. The van der Waals surface area contributed by atoms with Gasteiger partial charge in [0.15, 0.2) is 0 Å². The van der Waals surface area contributed by atoms with Gasteiger partial charge in [-0.3, -0.25) is 14.5 Å². The normalized spacial score (nSPS) is 23.6. The minimum Gasteiger partial charge on any atom is -0.427 e. The van der Waals surface area contributed by atoms with Gasteiger partial charge in [-0.05, 0) is 80.7 Å². The van der Waals surface area contributed by atoms with Crippen molar-refractivity contribution in [3.63, 3.8) is 0 Å². The molecular formula is C32H42N2O3. The maximum Gasteiger partial charge on any atom is 0.308 e. The van der Waals surface area contributed by atoms with Crippen LogP contribution in [0, 0.1) is 5.92 Å². The minimum absolute atomic E-state index is 0.0281. The third kappa shape index (κ3) is 7.32. The van der Waals surface area contributed by atoms with Crippen LogP contribution in [0.4, 0.5) is 0 Å². The van der Waals surface area contributed by atoms with E-state index in [1.807, 2.05) is 24.3 Å². The molecule has 1 saturated carbocycles. The van der Waals surface area contributed by atoms with E-state index in [2.05, 4.69) is 53.2 Å². The van der Waals surface area contributed by atoms with Crippen LogP contribution < -0.4 is 10.1 Å². The summed E-state index contributed by atoms with van der Waals surface area (Å²) in [6.45, 7) is 8.32. The minimum atomic E-state index is -0.301. The highest BCUT2D eigenvalue weighted by Crippen LogP contribution is 2.49. The van der Waals surface area contributed by atoms with Gasteiger partial charge in [0.05, 0.1) is 0 Å². The van der Waals surface area contributed by atoms with Crippen LogP contribution in [0.25, 0.3) is 0 Å². The second kappa shape index (κ2) is 13.0. The van der Waals surface area contributed by atoms with Crippen molar-refractivity contribution < 1.29 is 14.3 Å². The van der Waals surface area contributed by atoms with Gasteiger partial charge in [0.1, 0.15) is 5.75 Å². The highest BCUT2D eigenvalue weighted by atomic mass is 16.5. The summed E-state index contributed by atoms with van der Waals surface area (Å²) >= 11 is 0. The van der Waals surface area contributed by atoms with Gasteiger partial charge in [0.25, 0.3) is 0 Å². The number of aryl methyl sites for hydroxylation is 1. The molecule has 2 aliphatic rings. The molecule has 0 radical (unpaired) electrons. The SMILES string of the molecule is C=CCN1CC[C@@]2(c3cccc(OC(C)=O)c3)C[C@H](NC(=O)CCCCCc3ccccc3)CC[C@@H]2C1. The molecule has 1 saturated heterocycles. The van der Waals surface area contributed by atoms with Crippen LogP contribution in [-0.4, -0.2) is 42.5 Å². The molecule has 1 aliphatic heterocycles. The number of hydrogen-bond acceptors (Lipinski definition) is 4. The zero-order chi connectivity index (χ0) is 26.1. The van der Waals surface area contributed by atoms with Crippen LogP contribution >= 0.6 is 0 Å². The Morgan fingerprint density at radius 2 is 1.95 bits per heavy atom. The Balaban J connectivity index is 1.37. The monoisotopic (exact) mass is 502 g/mol. The van der Waals surface area contributed by atoms with Crippen LogP contribution in [0.1, 0.15) is 69.4 Å². The van der Waals surface area contributed by atoms with E-state index >= 15 is 0 Å². The number of carbonyl (C=O) groups is 2. The molecule has 5 nitrogen and oxygen atoms in total. The van der Waals surface area contributed by atoms with Crippen molar-refractivity contribution in [3.8, 4) is 5.75 Å². The lowest BCUT2D eigenvalue weighted by Crippen LogP contribution is -2.56. The van der Waals surface area contributed by atoms with E-state index in [1.54, 1.807) is 0 Å². The van der Waals surface area contributed by atoms with E-state index in [4.69, 9.17) is 4.74 Å². The number of hydrogen-bond donors (Lipinski definition) is 1. The Kier molecular flexibility index (Phi) is 9.56. The average Bonchev–Trinajstić information content (AvgIpc) is 2.89. The van der Waals surface area contributed by atoms with Crippen molar-refractivity contribution in [3.05, 3.63) is 78.4 Å². The molecule has 0 aromatic heterocycles. The molecule has 1 N–H and O–H groups in total. The second-order valence-electron chi connectivity index (χ2n) is 10.9. The number of benzene rings is 2. The highest BCUT2D eigenvalue weighted by Gasteiger charge is 2.48.